The minimum absolute atomic E-state index is 0.0454. The van der Waals surface area contributed by atoms with Crippen LogP contribution in [0.15, 0.2) is 40.8 Å². The first-order valence-electron chi connectivity index (χ1n) is 8.37. The Hall–Kier alpha value is -1.66. The fraction of sp³-hybridized carbons (Fsp3) is 0.500. The van der Waals surface area contributed by atoms with Crippen molar-refractivity contribution in [2.24, 2.45) is 0 Å². The zero-order chi connectivity index (χ0) is 17.7. The number of benzene rings is 1. The summed E-state index contributed by atoms with van der Waals surface area (Å²) in [6.45, 7) is 7.37. The van der Waals surface area contributed by atoms with Crippen LogP contribution < -0.4 is 0 Å². The normalized spacial score (nSPS) is 16.0. The van der Waals surface area contributed by atoms with Crippen molar-refractivity contribution in [1.29, 1.82) is 0 Å². The summed E-state index contributed by atoms with van der Waals surface area (Å²) in [4.78, 5) is 14.0. The van der Waals surface area contributed by atoms with E-state index in [9.17, 15) is 13.2 Å². The molecule has 5 nitrogen and oxygen atoms in total. The van der Waals surface area contributed by atoms with E-state index >= 15 is 0 Å². The van der Waals surface area contributed by atoms with Gasteiger partial charge in [0.25, 0.3) is 0 Å². The number of amides is 1. The molecule has 1 heterocycles. The highest BCUT2D eigenvalue weighted by atomic mass is 32.2. The van der Waals surface area contributed by atoms with Crippen LogP contribution in [-0.2, 0) is 21.2 Å². The number of carbonyl (C=O) groups is 1. The Labute approximate surface area is 145 Å². The first-order valence-corrected chi connectivity index (χ1v) is 9.81. The van der Waals surface area contributed by atoms with Gasteiger partial charge in [-0.15, -0.1) is 0 Å². The maximum absolute atomic E-state index is 12.7. The Bertz CT molecular complexity index is 696. The summed E-state index contributed by atoms with van der Waals surface area (Å²) in [6, 6.07) is 7.12. The molecule has 1 aliphatic rings. The van der Waals surface area contributed by atoms with Crippen molar-refractivity contribution in [1.82, 2.24) is 9.21 Å². The van der Waals surface area contributed by atoms with Gasteiger partial charge in [-0.05, 0) is 38.0 Å². The highest BCUT2D eigenvalue weighted by molar-refractivity contribution is 7.89. The van der Waals surface area contributed by atoms with Gasteiger partial charge in [-0.3, -0.25) is 4.79 Å². The SMILES string of the molecule is CCCc1ccc(S(=O)(=O)N2CCN(C(=O)C=C(C)C)CC2)cc1. The fourth-order valence-electron chi connectivity index (χ4n) is 2.75. The van der Waals surface area contributed by atoms with E-state index in [4.69, 9.17) is 0 Å². The third-order valence-corrected chi connectivity index (χ3v) is 5.98. The Kier molecular flexibility index (Phi) is 6.18. The molecule has 1 saturated heterocycles. The van der Waals surface area contributed by atoms with Crippen molar-refractivity contribution in [3.8, 4) is 0 Å². The molecule has 0 spiro atoms. The average molecular weight is 350 g/mol. The smallest absolute Gasteiger partial charge is 0.246 e. The summed E-state index contributed by atoms with van der Waals surface area (Å²) in [5.41, 5.74) is 2.09. The van der Waals surface area contributed by atoms with E-state index in [2.05, 4.69) is 6.92 Å². The van der Waals surface area contributed by atoms with E-state index in [1.165, 1.54) is 4.31 Å². The number of nitrogens with zero attached hydrogens (tertiary/aromatic N) is 2. The lowest BCUT2D eigenvalue weighted by atomic mass is 10.1. The van der Waals surface area contributed by atoms with Gasteiger partial charge in [0.2, 0.25) is 15.9 Å². The number of hydrogen-bond acceptors (Lipinski definition) is 3. The van der Waals surface area contributed by atoms with Gasteiger partial charge >= 0.3 is 0 Å². The first-order chi connectivity index (χ1) is 11.3. The molecule has 6 heteroatoms. The molecule has 1 aliphatic heterocycles. The lowest BCUT2D eigenvalue weighted by Crippen LogP contribution is -2.50. The maximum atomic E-state index is 12.7. The van der Waals surface area contributed by atoms with Crippen LogP contribution in [0.25, 0.3) is 0 Å². The van der Waals surface area contributed by atoms with E-state index in [1.54, 1.807) is 23.1 Å². The number of carbonyl (C=O) groups excluding carboxylic acids is 1. The van der Waals surface area contributed by atoms with Crippen LogP contribution in [0.2, 0.25) is 0 Å². The Balaban J connectivity index is 2.04. The Morgan fingerprint density at radius 1 is 1.08 bits per heavy atom. The molecule has 0 bridgehead atoms. The molecule has 1 fully saturated rings. The van der Waals surface area contributed by atoms with Gasteiger partial charge in [0, 0.05) is 32.3 Å². The van der Waals surface area contributed by atoms with Gasteiger partial charge < -0.3 is 4.90 Å². The molecule has 132 valence electrons. The monoisotopic (exact) mass is 350 g/mol. The van der Waals surface area contributed by atoms with Gasteiger partial charge in [0.15, 0.2) is 0 Å². The van der Waals surface area contributed by atoms with E-state index in [0.29, 0.717) is 31.1 Å². The maximum Gasteiger partial charge on any atom is 0.246 e. The van der Waals surface area contributed by atoms with Gasteiger partial charge in [-0.1, -0.05) is 31.1 Å². The summed E-state index contributed by atoms with van der Waals surface area (Å²) in [6.07, 6.45) is 3.58. The molecular weight excluding hydrogens is 324 g/mol. The topological polar surface area (TPSA) is 57.7 Å². The predicted octanol–water partition coefficient (Wildman–Crippen LogP) is 2.44. The van der Waals surface area contributed by atoms with Crippen molar-refractivity contribution in [3.05, 3.63) is 41.5 Å². The van der Waals surface area contributed by atoms with Crippen molar-refractivity contribution < 1.29 is 13.2 Å². The minimum Gasteiger partial charge on any atom is -0.337 e. The Morgan fingerprint density at radius 3 is 2.17 bits per heavy atom. The van der Waals surface area contributed by atoms with Crippen LogP contribution in [0.5, 0.6) is 0 Å². The molecule has 1 amide bonds. The lowest BCUT2D eigenvalue weighted by molar-refractivity contribution is -0.127. The van der Waals surface area contributed by atoms with Crippen LogP contribution in [0.3, 0.4) is 0 Å². The third kappa shape index (κ3) is 4.45. The molecule has 0 aromatic heterocycles. The van der Waals surface area contributed by atoms with E-state index in [1.807, 2.05) is 26.0 Å². The molecule has 0 N–H and O–H groups in total. The average Bonchev–Trinajstić information content (AvgIpc) is 2.55. The number of piperazine rings is 1. The third-order valence-electron chi connectivity index (χ3n) is 4.06. The van der Waals surface area contributed by atoms with Crippen molar-refractivity contribution in [2.45, 2.75) is 38.5 Å². The number of rotatable bonds is 5. The molecule has 1 aromatic carbocycles. The minimum atomic E-state index is -3.49. The second kappa shape index (κ2) is 7.94. The molecule has 0 saturated carbocycles. The van der Waals surface area contributed by atoms with Crippen molar-refractivity contribution in [2.75, 3.05) is 26.2 Å². The van der Waals surface area contributed by atoms with Gasteiger partial charge in [-0.25, -0.2) is 8.42 Å². The second-order valence-electron chi connectivity index (χ2n) is 6.35. The quantitative estimate of drug-likeness (QED) is 0.767. The number of hydrogen-bond donors (Lipinski definition) is 0. The lowest BCUT2D eigenvalue weighted by Gasteiger charge is -2.33. The number of aryl methyl sites for hydroxylation is 1. The highest BCUT2D eigenvalue weighted by Crippen LogP contribution is 2.19. The van der Waals surface area contributed by atoms with Gasteiger partial charge in [-0.2, -0.15) is 4.31 Å². The molecule has 0 atom stereocenters. The van der Waals surface area contributed by atoms with Crippen LogP contribution in [0.1, 0.15) is 32.8 Å². The van der Waals surface area contributed by atoms with Crippen LogP contribution in [0, 0.1) is 0 Å². The largest absolute Gasteiger partial charge is 0.337 e. The summed E-state index contributed by atoms with van der Waals surface area (Å²) in [5, 5.41) is 0. The van der Waals surface area contributed by atoms with Crippen molar-refractivity contribution >= 4 is 15.9 Å². The summed E-state index contributed by atoms with van der Waals surface area (Å²) >= 11 is 0. The van der Waals surface area contributed by atoms with Gasteiger partial charge in [0.05, 0.1) is 4.90 Å². The molecule has 24 heavy (non-hydrogen) atoms. The molecule has 0 radical (unpaired) electrons. The Morgan fingerprint density at radius 2 is 1.67 bits per heavy atom. The van der Waals surface area contributed by atoms with Crippen molar-refractivity contribution in [3.63, 3.8) is 0 Å². The fourth-order valence-corrected chi connectivity index (χ4v) is 4.18. The van der Waals surface area contributed by atoms with Crippen LogP contribution >= 0.6 is 0 Å². The highest BCUT2D eigenvalue weighted by Gasteiger charge is 2.29. The second-order valence-corrected chi connectivity index (χ2v) is 8.28. The van der Waals surface area contributed by atoms with E-state index < -0.39 is 10.0 Å². The van der Waals surface area contributed by atoms with Crippen LogP contribution in [-0.4, -0.2) is 49.7 Å². The number of sulfonamides is 1. The van der Waals surface area contributed by atoms with E-state index in [-0.39, 0.29) is 5.91 Å². The van der Waals surface area contributed by atoms with Crippen LogP contribution in [0.4, 0.5) is 0 Å². The zero-order valence-electron chi connectivity index (χ0n) is 14.7. The summed E-state index contributed by atoms with van der Waals surface area (Å²) in [7, 11) is -3.49. The molecule has 2 rings (SSSR count). The predicted molar refractivity (Wildman–Crippen MR) is 95.2 cm³/mol. The zero-order valence-corrected chi connectivity index (χ0v) is 15.5. The summed E-state index contributed by atoms with van der Waals surface area (Å²) in [5.74, 6) is -0.0454. The molecule has 0 unspecified atom stereocenters. The summed E-state index contributed by atoms with van der Waals surface area (Å²) < 4.78 is 26.9. The molecule has 0 aliphatic carbocycles. The molecule has 1 aromatic rings. The number of allylic oxidation sites excluding steroid dienone is 1. The van der Waals surface area contributed by atoms with Gasteiger partial charge in [0.1, 0.15) is 0 Å². The van der Waals surface area contributed by atoms with E-state index in [0.717, 1.165) is 24.0 Å². The standard InChI is InChI=1S/C18H26N2O3S/c1-4-5-16-6-8-17(9-7-16)24(22,23)20-12-10-19(11-13-20)18(21)14-15(2)3/h6-9,14H,4-5,10-13H2,1-3H3. The molecular formula is C18H26N2O3S. The first kappa shape index (κ1) is 18.7.